The first-order valence-corrected chi connectivity index (χ1v) is 4.59. The topological polar surface area (TPSA) is 20.3 Å². The Balaban J connectivity index is 3.24. The van der Waals surface area contributed by atoms with Crippen LogP contribution in [0.5, 0.6) is 0 Å². The highest BCUT2D eigenvalue weighted by Crippen LogP contribution is 2.21. The highest BCUT2D eigenvalue weighted by atomic mass is 79.9. The summed E-state index contributed by atoms with van der Waals surface area (Å²) in [6, 6.07) is 2.54. The minimum atomic E-state index is -1.13. The van der Waals surface area contributed by atoms with Crippen LogP contribution in [0.15, 0.2) is 16.6 Å². The van der Waals surface area contributed by atoms with E-state index in [0.29, 0.717) is 0 Å². The molecular formula is C9H8BrF2NO. The van der Waals surface area contributed by atoms with Gasteiger partial charge in [-0.25, -0.2) is 8.78 Å². The standard InChI is InChI=1S/C9H8BrF2NO/c1-13(2)9(14)5-3-4-6(10)8(12)7(5)11/h3-4H,1-2H3. The monoisotopic (exact) mass is 263 g/mol. The first-order valence-electron chi connectivity index (χ1n) is 3.80. The van der Waals surface area contributed by atoms with E-state index in [1.807, 2.05) is 0 Å². The smallest absolute Gasteiger partial charge is 0.256 e. The predicted molar refractivity (Wildman–Crippen MR) is 52.1 cm³/mol. The summed E-state index contributed by atoms with van der Waals surface area (Å²) in [4.78, 5) is 12.5. The van der Waals surface area contributed by atoms with E-state index in [9.17, 15) is 13.6 Å². The summed E-state index contributed by atoms with van der Waals surface area (Å²) >= 11 is 2.83. The van der Waals surface area contributed by atoms with Crippen molar-refractivity contribution in [3.63, 3.8) is 0 Å². The number of carbonyl (C=O) groups excluding carboxylic acids is 1. The molecule has 0 aromatic heterocycles. The van der Waals surface area contributed by atoms with E-state index in [-0.39, 0.29) is 10.0 Å². The third-order valence-corrected chi connectivity index (χ3v) is 2.28. The van der Waals surface area contributed by atoms with Crippen molar-refractivity contribution in [2.24, 2.45) is 0 Å². The molecule has 5 heteroatoms. The summed E-state index contributed by atoms with van der Waals surface area (Å²) in [5.41, 5.74) is -0.268. The summed E-state index contributed by atoms with van der Waals surface area (Å²) < 4.78 is 26.2. The van der Waals surface area contributed by atoms with Crippen LogP contribution in [0.25, 0.3) is 0 Å². The van der Waals surface area contributed by atoms with Gasteiger partial charge in [0.05, 0.1) is 10.0 Å². The zero-order chi connectivity index (χ0) is 10.9. The average Bonchev–Trinajstić information content (AvgIpc) is 2.13. The molecule has 0 heterocycles. The first kappa shape index (κ1) is 11.1. The molecule has 0 aliphatic heterocycles. The molecule has 0 saturated carbocycles. The fourth-order valence-corrected chi connectivity index (χ4v) is 1.24. The molecule has 0 N–H and O–H groups in total. The lowest BCUT2D eigenvalue weighted by Gasteiger charge is -2.11. The van der Waals surface area contributed by atoms with Crippen molar-refractivity contribution in [1.29, 1.82) is 0 Å². The SMILES string of the molecule is CN(C)C(=O)c1ccc(Br)c(F)c1F. The Morgan fingerprint density at radius 1 is 1.29 bits per heavy atom. The number of hydrogen-bond acceptors (Lipinski definition) is 1. The lowest BCUT2D eigenvalue weighted by molar-refractivity contribution is 0.0822. The van der Waals surface area contributed by atoms with Crippen molar-refractivity contribution >= 4 is 21.8 Å². The van der Waals surface area contributed by atoms with Gasteiger partial charge in [0.1, 0.15) is 0 Å². The van der Waals surface area contributed by atoms with Crippen LogP contribution in [0.3, 0.4) is 0 Å². The van der Waals surface area contributed by atoms with E-state index in [1.54, 1.807) is 0 Å². The van der Waals surface area contributed by atoms with Gasteiger partial charge in [0.2, 0.25) is 0 Å². The molecule has 0 radical (unpaired) electrons. The second-order valence-corrected chi connectivity index (χ2v) is 3.78. The van der Waals surface area contributed by atoms with E-state index in [4.69, 9.17) is 0 Å². The highest BCUT2D eigenvalue weighted by Gasteiger charge is 2.18. The van der Waals surface area contributed by atoms with Crippen molar-refractivity contribution in [2.75, 3.05) is 14.1 Å². The summed E-state index contributed by atoms with van der Waals surface area (Å²) in [6.07, 6.45) is 0. The molecule has 1 rings (SSSR count). The lowest BCUT2D eigenvalue weighted by Crippen LogP contribution is -2.23. The fourth-order valence-electron chi connectivity index (χ4n) is 0.932. The van der Waals surface area contributed by atoms with Crippen molar-refractivity contribution in [3.05, 3.63) is 33.8 Å². The molecule has 2 nitrogen and oxygen atoms in total. The maximum absolute atomic E-state index is 13.2. The van der Waals surface area contributed by atoms with Crippen LogP contribution in [0.2, 0.25) is 0 Å². The molecule has 0 aliphatic rings. The number of amides is 1. The number of rotatable bonds is 1. The zero-order valence-corrected chi connectivity index (χ0v) is 9.23. The Hall–Kier alpha value is -0.970. The van der Waals surface area contributed by atoms with E-state index in [2.05, 4.69) is 15.9 Å². The zero-order valence-electron chi connectivity index (χ0n) is 7.64. The first-order chi connectivity index (χ1) is 6.45. The van der Waals surface area contributed by atoms with Crippen LogP contribution >= 0.6 is 15.9 Å². The molecule has 14 heavy (non-hydrogen) atoms. The number of benzene rings is 1. The summed E-state index contributed by atoms with van der Waals surface area (Å²) in [5.74, 6) is -2.73. The molecule has 0 spiro atoms. The predicted octanol–water partition coefficient (Wildman–Crippen LogP) is 2.43. The van der Waals surface area contributed by atoms with Gasteiger partial charge in [-0.15, -0.1) is 0 Å². The minimum absolute atomic E-state index is 0.00491. The van der Waals surface area contributed by atoms with Gasteiger partial charge in [0.25, 0.3) is 5.91 Å². The molecule has 0 atom stereocenters. The Kier molecular flexibility index (Phi) is 3.21. The van der Waals surface area contributed by atoms with Gasteiger partial charge >= 0.3 is 0 Å². The Morgan fingerprint density at radius 3 is 2.36 bits per heavy atom. The van der Waals surface area contributed by atoms with Gasteiger partial charge in [-0.1, -0.05) is 0 Å². The van der Waals surface area contributed by atoms with Crippen LogP contribution < -0.4 is 0 Å². The molecule has 0 saturated heterocycles. The minimum Gasteiger partial charge on any atom is -0.345 e. The van der Waals surface area contributed by atoms with Gasteiger partial charge in [0, 0.05) is 14.1 Å². The van der Waals surface area contributed by atoms with Gasteiger partial charge in [0.15, 0.2) is 11.6 Å². The molecule has 1 amide bonds. The van der Waals surface area contributed by atoms with Crippen molar-refractivity contribution in [2.45, 2.75) is 0 Å². The van der Waals surface area contributed by atoms with Crippen LogP contribution in [-0.2, 0) is 0 Å². The van der Waals surface area contributed by atoms with Crippen LogP contribution in [0.4, 0.5) is 8.78 Å². The number of halogens is 3. The second-order valence-electron chi connectivity index (χ2n) is 2.92. The third kappa shape index (κ3) is 1.92. The van der Waals surface area contributed by atoms with Gasteiger partial charge in [-0.3, -0.25) is 4.79 Å². The molecule has 0 aliphatic carbocycles. The van der Waals surface area contributed by atoms with E-state index < -0.39 is 17.5 Å². The fraction of sp³-hybridized carbons (Fsp3) is 0.222. The molecule has 76 valence electrons. The molecule has 1 aromatic carbocycles. The van der Waals surface area contributed by atoms with Crippen molar-refractivity contribution < 1.29 is 13.6 Å². The van der Waals surface area contributed by atoms with E-state index in [1.165, 1.54) is 31.1 Å². The van der Waals surface area contributed by atoms with E-state index in [0.717, 1.165) is 0 Å². The molecule has 0 unspecified atom stereocenters. The largest absolute Gasteiger partial charge is 0.345 e. The average molecular weight is 264 g/mol. The summed E-state index contributed by atoms with van der Waals surface area (Å²) in [7, 11) is 2.95. The quantitative estimate of drug-likeness (QED) is 0.713. The number of nitrogens with zero attached hydrogens (tertiary/aromatic N) is 1. The molecule has 1 aromatic rings. The Bertz CT molecular complexity index is 379. The van der Waals surface area contributed by atoms with Gasteiger partial charge in [-0.05, 0) is 28.1 Å². The molecular weight excluding hydrogens is 256 g/mol. The molecule has 0 bridgehead atoms. The van der Waals surface area contributed by atoms with Gasteiger partial charge in [-0.2, -0.15) is 0 Å². The van der Waals surface area contributed by atoms with Gasteiger partial charge < -0.3 is 4.90 Å². The number of hydrogen-bond donors (Lipinski definition) is 0. The normalized spacial score (nSPS) is 10.1. The maximum Gasteiger partial charge on any atom is 0.256 e. The van der Waals surface area contributed by atoms with Crippen LogP contribution in [0, 0.1) is 11.6 Å². The van der Waals surface area contributed by atoms with Crippen molar-refractivity contribution in [1.82, 2.24) is 4.90 Å². The Labute approximate surface area is 88.6 Å². The number of carbonyl (C=O) groups is 1. The summed E-state index contributed by atoms with van der Waals surface area (Å²) in [5, 5.41) is 0. The van der Waals surface area contributed by atoms with Crippen LogP contribution in [0.1, 0.15) is 10.4 Å². The second kappa shape index (κ2) is 4.04. The lowest BCUT2D eigenvalue weighted by atomic mass is 10.2. The highest BCUT2D eigenvalue weighted by molar-refractivity contribution is 9.10. The molecule has 0 fully saturated rings. The Morgan fingerprint density at radius 2 is 1.86 bits per heavy atom. The van der Waals surface area contributed by atoms with Crippen LogP contribution in [-0.4, -0.2) is 24.9 Å². The van der Waals surface area contributed by atoms with E-state index >= 15 is 0 Å². The maximum atomic E-state index is 13.2. The summed E-state index contributed by atoms with van der Waals surface area (Å²) in [6.45, 7) is 0. The third-order valence-electron chi connectivity index (χ3n) is 1.67. The van der Waals surface area contributed by atoms with Crippen molar-refractivity contribution in [3.8, 4) is 0 Å².